The van der Waals surface area contributed by atoms with Crippen molar-refractivity contribution in [2.45, 2.75) is 58.4 Å². The number of rotatable bonds is 6. The van der Waals surface area contributed by atoms with Gasteiger partial charge in [-0.15, -0.1) is 0 Å². The van der Waals surface area contributed by atoms with Gasteiger partial charge in [0.25, 0.3) is 0 Å². The Labute approximate surface area is 111 Å². The Morgan fingerprint density at radius 1 is 1.11 bits per heavy atom. The normalized spacial score (nSPS) is 28.4. The zero-order chi connectivity index (χ0) is 13.0. The summed E-state index contributed by atoms with van der Waals surface area (Å²) in [5.41, 5.74) is 0. The van der Waals surface area contributed by atoms with Gasteiger partial charge in [-0.3, -0.25) is 4.79 Å². The monoisotopic (exact) mass is 252 g/mol. The van der Waals surface area contributed by atoms with Gasteiger partial charge in [0, 0.05) is 6.04 Å². The summed E-state index contributed by atoms with van der Waals surface area (Å²) in [6.07, 6.45) is 7.56. The molecule has 0 saturated heterocycles. The fourth-order valence-electron chi connectivity index (χ4n) is 2.92. The first kappa shape index (κ1) is 13.9. The smallest absolute Gasteiger partial charge is 0.234 e. The molecule has 2 aliphatic carbocycles. The van der Waals surface area contributed by atoms with Gasteiger partial charge in [-0.2, -0.15) is 0 Å². The number of carbonyl (C=O) groups is 1. The largest absolute Gasteiger partial charge is 0.352 e. The molecule has 0 heterocycles. The van der Waals surface area contributed by atoms with E-state index in [0.717, 1.165) is 37.1 Å². The van der Waals surface area contributed by atoms with Gasteiger partial charge in [-0.05, 0) is 62.8 Å². The van der Waals surface area contributed by atoms with E-state index in [1.54, 1.807) is 0 Å². The van der Waals surface area contributed by atoms with Gasteiger partial charge in [0.15, 0.2) is 0 Å². The van der Waals surface area contributed by atoms with Crippen LogP contribution in [-0.2, 0) is 4.79 Å². The third-order valence-electron chi connectivity index (χ3n) is 4.50. The maximum Gasteiger partial charge on any atom is 0.234 e. The van der Waals surface area contributed by atoms with Crippen LogP contribution >= 0.6 is 0 Å². The highest BCUT2D eigenvalue weighted by Gasteiger charge is 2.24. The van der Waals surface area contributed by atoms with Crippen molar-refractivity contribution in [3.8, 4) is 0 Å². The summed E-state index contributed by atoms with van der Waals surface area (Å²) in [6.45, 7) is 6.14. The molecule has 18 heavy (non-hydrogen) atoms. The molecule has 0 aliphatic heterocycles. The molecule has 2 fully saturated rings. The van der Waals surface area contributed by atoms with E-state index in [0.29, 0.717) is 12.6 Å². The van der Waals surface area contributed by atoms with Gasteiger partial charge in [-0.1, -0.05) is 13.8 Å². The molecule has 0 aromatic carbocycles. The van der Waals surface area contributed by atoms with Crippen LogP contribution in [0.25, 0.3) is 0 Å². The highest BCUT2D eigenvalue weighted by atomic mass is 16.1. The standard InChI is InChI=1S/C15H28N2O/c1-11(2)13-5-7-14(8-6-13)17-15(18)10-16-9-12-3-4-12/h11-14,16H,3-10H2,1-2H3,(H,17,18). The van der Waals surface area contributed by atoms with Crippen molar-refractivity contribution >= 4 is 5.91 Å². The van der Waals surface area contributed by atoms with Crippen molar-refractivity contribution in [3.63, 3.8) is 0 Å². The minimum absolute atomic E-state index is 0.184. The summed E-state index contributed by atoms with van der Waals surface area (Å²) in [4.78, 5) is 11.8. The predicted octanol–water partition coefficient (Wildman–Crippen LogP) is 2.32. The number of nitrogens with one attached hydrogen (secondary N) is 2. The van der Waals surface area contributed by atoms with Gasteiger partial charge in [0.2, 0.25) is 5.91 Å². The van der Waals surface area contributed by atoms with E-state index in [1.807, 2.05) is 0 Å². The first-order valence-electron chi connectivity index (χ1n) is 7.65. The quantitative estimate of drug-likeness (QED) is 0.761. The second-order valence-corrected chi connectivity index (χ2v) is 6.50. The van der Waals surface area contributed by atoms with Crippen molar-refractivity contribution in [2.24, 2.45) is 17.8 Å². The minimum Gasteiger partial charge on any atom is -0.352 e. The molecule has 2 N–H and O–H groups in total. The summed E-state index contributed by atoms with van der Waals surface area (Å²) in [6, 6.07) is 0.426. The highest BCUT2D eigenvalue weighted by molar-refractivity contribution is 5.78. The fraction of sp³-hybridized carbons (Fsp3) is 0.933. The molecule has 104 valence electrons. The molecule has 0 spiro atoms. The molecule has 0 unspecified atom stereocenters. The minimum atomic E-state index is 0.184. The van der Waals surface area contributed by atoms with Crippen LogP contribution in [0.1, 0.15) is 52.4 Å². The molecule has 0 aromatic rings. The van der Waals surface area contributed by atoms with E-state index < -0.39 is 0 Å². The molecule has 2 rings (SSSR count). The number of hydrogen-bond donors (Lipinski definition) is 2. The number of carbonyl (C=O) groups excluding carboxylic acids is 1. The zero-order valence-electron chi connectivity index (χ0n) is 11.9. The van der Waals surface area contributed by atoms with Crippen molar-refractivity contribution in [2.75, 3.05) is 13.1 Å². The second kappa shape index (κ2) is 6.55. The first-order chi connectivity index (χ1) is 8.65. The average molecular weight is 252 g/mol. The molecule has 0 radical (unpaired) electrons. The maximum atomic E-state index is 11.8. The Kier molecular flexibility index (Phi) is 5.04. The van der Waals surface area contributed by atoms with E-state index in [1.165, 1.54) is 25.7 Å². The van der Waals surface area contributed by atoms with Gasteiger partial charge in [-0.25, -0.2) is 0 Å². The van der Waals surface area contributed by atoms with Gasteiger partial charge in [0.1, 0.15) is 0 Å². The van der Waals surface area contributed by atoms with Crippen molar-refractivity contribution in [1.82, 2.24) is 10.6 Å². The van der Waals surface area contributed by atoms with E-state index in [4.69, 9.17) is 0 Å². The van der Waals surface area contributed by atoms with Gasteiger partial charge in [0.05, 0.1) is 6.54 Å². The predicted molar refractivity (Wildman–Crippen MR) is 74.3 cm³/mol. The highest BCUT2D eigenvalue weighted by Crippen LogP contribution is 2.29. The van der Waals surface area contributed by atoms with Crippen LogP contribution in [0.2, 0.25) is 0 Å². The third-order valence-corrected chi connectivity index (χ3v) is 4.50. The number of amides is 1. The van der Waals surface area contributed by atoms with Crippen LogP contribution in [0, 0.1) is 17.8 Å². The Morgan fingerprint density at radius 3 is 2.33 bits per heavy atom. The Hall–Kier alpha value is -0.570. The van der Waals surface area contributed by atoms with E-state index in [2.05, 4.69) is 24.5 Å². The molecule has 2 saturated carbocycles. The second-order valence-electron chi connectivity index (χ2n) is 6.50. The summed E-state index contributed by atoms with van der Waals surface area (Å²) in [5, 5.41) is 6.42. The Balaban J connectivity index is 1.56. The van der Waals surface area contributed by atoms with E-state index in [-0.39, 0.29) is 5.91 Å². The summed E-state index contributed by atoms with van der Waals surface area (Å²) in [5.74, 6) is 2.69. The first-order valence-corrected chi connectivity index (χ1v) is 7.65. The molecule has 0 bridgehead atoms. The summed E-state index contributed by atoms with van der Waals surface area (Å²) < 4.78 is 0. The van der Waals surface area contributed by atoms with E-state index >= 15 is 0 Å². The number of hydrogen-bond acceptors (Lipinski definition) is 2. The SMILES string of the molecule is CC(C)C1CCC(NC(=O)CNCC2CC2)CC1. The van der Waals surface area contributed by atoms with Crippen LogP contribution < -0.4 is 10.6 Å². The Morgan fingerprint density at radius 2 is 1.78 bits per heavy atom. The maximum absolute atomic E-state index is 11.8. The van der Waals surface area contributed by atoms with Crippen LogP contribution in [0.3, 0.4) is 0 Å². The van der Waals surface area contributed by atoms with Crippen LogP contribution in [0.5, 0.6) is 0 Å². The van der Waals surface area contributed by atoms with Gasteiger partial charge >= 0.3 is 0 Å². The molecule has 2 aliphatic rings. The van der Waals surface area contributed by atoms with Crippen molar-refractivity contribution in [1.29, 1.82) is 0 Å². The molecule has 0 aromatic heterocycles. The molecular weight excluding hydrogens is 224 g/mol. The average Bonchev–Trinajstić information content (AvgIpc) is 3.13. The molecule has 1 amide bonds. The van der Waals surface area contributed by atoms with Crippen LogP contribution in [0.4, 0.5) is 0 Å². The molecule has 3 nitrogen and oxygen atoms in total. The topological polar surface area (TPSA) is 41.1 Å². The Bertz CT molecular complexity index is 266. The van der Waals surface area contributed by atoms with Crippen molar-refractivity contribution in [3.05, 3.63) is 0 Å². The zero-order valence-corrected chi connectivity index (χ0v) is 11.9. The van der Waals surface area contributed by atoms with Crippen LogP contribution in [0.15, 0.2) is 0 Å². The lowest BCUT2D eigenvalue weighted by Gasteiger charge is -2.31. The summed E-state index contributed by atoms with van der Waals surface area (Å²) >= 11 is 0. The fourth-order valence-corrected chi connectivity index (χ4v) is 2.92. The lowest BCUT2D eigenvalue weighted by atomic mass is 9.80. The molecule has 0 atom stereocenters. The lowest BCUT2D eigenvalue weighted by molar-refractivity contribution is -0.121. The third kappa shape index (κ3) is 4.60. The lowest BCUT2D eigenvalue weighted by Crippen LogP contribution is -2.42. The van der Waals surface area contributed by atoms with Crippen molar-refractivity contribution < 1.29 is 4.79 Å². The van der Waals surface area contributed by atoms with E-state index in [9.17, 15) is 4.79 Å². The molecular formula is C15H28N2O. The summed E-state index contributed by atoms with van der Waals surface area (Å²) in [7, 11) is 0. The van der Waals surface area contributed by atoms with Gasteiger partial charge < -0.3 is 10.6 Å². The molecule has 3 heteroatoms. The van der Waals surface area contributed by atoms with Crippen LogP contribution in [-0.4, -0.2) is 25.0 Å².